The van der Waals surface area contributed by atoms with Crippen molar-refractivity contribution in [3.05, 3.63) is 48.0 Å². The van der Waals surface area contributed by atoms with Crippen molar-refractivity contribution in [2.45, 2.75) is 57.7 Å². The van der Waals surface area contributed by atoms with Gasteiger partial charge in [-0.15, -0.1) is 6.58 Å². The van der Waals surface area contributed by atoms with Crippen LogP contribution in [0.1, 0.15) is 62.2 Å². The third-order valence-electron chi connectivity index (χ3n) is 3.75. The van der Waals surface area contributed by atoms with Crippen LogP contribution in [-0.2, 0) is 11.3 Å². The lowest BCUT2D eigenvalue weighted by Gasteiger charge is -2.11. The summed E-state index contributed by atoms with van der Waals surface area (Å²) in [4.78, 5) is 0. The summed E-state index contributed by atoms with van der Waals surface area (Å²) < 4.78 is 5.39. The number of hydrogen-bond acceptors (Lipinski definition) is 3. The molecule has 3 nitrogen and oxygen atoms in total. The average molecular weight is 306 g/mol. The Balaban J connectivity index is 2.19. The number of aliphatic hydroxyl groups excluding tert-OH is 2. The minimum Gasteiger partial charge on any atom is -0.396 e. The van der Waals surface area contributed by atoms with E-state index in [1.54, 1.807) is 6.08 Å². The molecule has 1 aromatic rings. The molecule has 0 aliphatic heterocycles. The minimum absolute atomic E-state index is 0.299. The molecule has 0 fully saturated rings. The number of ether oxygens (including phenoxy) is 1. The van der Waals surface area contributed by atoms with E-state index in [9.17, 15) is 5.11 Å². The van der Waals surface area contributed by atoms with Gasteiger partial charge in [0.05, 0.1) is 19.3 Å². The lowest BCUT2D eigenvalue weighted by molar-refractivity contribution is 0.148. The molecule has 0 spiro atoms. The van der Waals surface area contributed by atoms with Crippen LogP contribution in [-0.4, -0.2) is 23.4 Å². The maximum Gasteiger partial charge on any atom is 0.0790 e. The highest BCUT2D eigenvalue weighted by molar-refractivity contribution is 5.23. The average Bonchev–Trinajstić information content (AvgIpc) is 2.55. The Morgan fingerprint density at radius 2 is 1.64 bits per heavy atom. The first-order chi connectivity index (χ1) is 10.8. The predicted octanol–water partition coefficient (Wildman–Crippen LogP) is 4.15. The summed E-state index contributed by atoms with van der Waals surface area (Å²) in [6.07, 6.45) is 8.75. The van der Waals surface area contributed by atoms with E-state index < -0.39 is 0 Å². The predicted molar refractivity (Wildman–Crippen MR) is 90.7 cm³/mol. The number of aliphatic hydroxyl groups is 2. The van der Waals surface area contributed by atoms with Gasteiger partial charge < -0.3 is 14.9 Å². The highest BCUT2D eigenvalue weighted by Gasteiger charge is 2.07. The summed E-state index contributed by atoms with van der Waals surface area (Å²) >= 11 is 0. The molecular formula is C19H30O3. The van der Waals surface area contributed by atoms with Crippen LogP contribution in [0.3, 0.4) is 0 Å². The summed E-state index contributed by atoms with van der Waals surface area (Å²) in [7, 11) is 0. The molecule has 0 aliphatic rings. The van der Waals surface area contributed by atoms with Crippen molar-refractivity contribution < 1.29 is 14.9 Å². The molecule has 0 heterocycles. The van der Waals surface area contributed by atoms with E-state index in [-0.39, 0.29) is 6.10 Å². The van der Waals surface area contributed by atoms with Crippen LogP contribution in [0.2, 0.25) is 0 Å². The molecule has 3 heteroatoms. The van der Waals surface area contributed by atoms with Crippen molar-refractivity contribution in [3.8, 4) is 0 Å². The Bertz CT molecular complexity index is 386. The molecule has 0 saturated heterocycles. The SMILES string of the molecule is C=CCOCc1ccc(C(O)CCCCCCCCO)cc1. The van der Waals surface area contributed by atoms with Crippen LogP contribution in [0.4, 0.5) is 0 Å². The van der Waals surface area contributed by atoms with Gasteiger partial charge in [0.15, 0.2) is 0 Å². The van der Waals surface area contributed by atoms with Crippen molar-refractivity contribution in [2.75, 3.05) is 13.2 Å². The van der Waals surface area contributed by atoms with E-state index in [2.05, 4.69) is 6.58 Å². The van der Waals surface area contributed by atoms with E-state index in [4.69, 9.17) is 9.84 Å². The molecule has 0 bridgehead atoms. The molecule has 2 N–H and O–H groups in total. The standard InChI is InChI=1S/C19H30O3/c1-2-15-22-16-17-10-12-18(13-11-17)19(21)9-7-5-3-4-6-8-14-20/h2,10-13,19-21H,1,3-9,14-16H2. The number of benzene rings is 1. The first kappa shape index (κ1) is 18.9. The second-order valence-corrected chi connectivity index (χ2v) is 5.69. The van der Waals surface area contributed by atoms with Gasteiger partial charge >= 0.3 is 0 Å². The zero-order valence-electron chi connectivity index (χ0n) is 13.5. The summed E-state index contributed by atoms with van der Waals surface area (Å²) in [6, 6.07) is 7.99. The van der Waals surface area contributed by atoms with Gasteiger partial charge in [-0.25, -0.2) is 0 Å². The lowest BCUT2D eigenvalue weighted by atomic mass is 10.0. The van der Waals surface area contributed by atoms with Crippen molar-refractivity contribution >= 4 is 0 Å². The van der Waals surface area contributed by atoms with Gasteiger partial charge in [-0.3, -0.25) is 0 Å². The normalized spacial score (nSPS) is 12.3. The Morgan fingerprint density at radius 1 is 1.00 bits per heavy atom. The third kappa shape index (κ3) is 8.32. The van der Waals surface area contributed by atoms with Gasteiger partial charge in [-0.05, 0) is 24.0 Å². The summed E-state index contributed by atoms with van der Waals surface area (Å²) in [6.45, 7) is 5.05. The topological polar surface area (TPSA) is 49.7 Å². The third-order valence-corrected chi connectivity index (χ3v) is 3.75. The first-order valence-electron chi connectivity index (χ1n) is 8.34. The van der Waals surface area contributed by atoms with Crippen LogP contribution in [0, 0.1) is 0 Å². The molecule has 0 radical (unpaired) electrons. The lowest BCUT2D eigenvalue weighted by Crippen LogP contribution is -1.99. The minimum atomic E-state index is -0.374. The number of rotatable bonds is 13. The van der Waals surface area contributed by atoms with Crippen LogP contribution >= 0.6 is 0 Å². The van der Waals surface area contributed by atoms with Crippen LogP contribution in [0.15, 0.2) is 36.9 Å². The molecule has 0 aromatic heterocycles. The van der Waals surface area contributed by atoms with E-state index in [1.165, 1.54) is 12.8 Å². The first-order valence-corrected chi connectivity index (χ1v) is 8.34. The van der Waals surface area contributed by atoms with Crippen molar-refractivity contribution in [1.29, 1.82) is 0 Å². The highest BCUT2D eigenvalue weighted by atomic mass is 16.5. The van der Waals surface area contributed by atoms with Crippen LogP contribution in [0.5, 0.6) is 0 Å². The quantitative estimate of drug-likeness (QED) is 0.425. The van der Waals surface area contributed by atoms with Crippen molar-refractivity contribution in [3.63, 3.8) is 0 Å². The van der Waals surface area contributed by atoms with Gasteiger partial charge in [0.2, 0.25) is 0 Å². The fraction of sp³-hybridized carbons (Fsp3) is 0.579. The molecule has 1 aromatic carbocycles. The Morgan fingerprint density at radius 3 is 2.27 bits per heavy atom. The number of unbranched alkanes of at least 4 members (excludes halogenated alkanes) is 5. The summed E-state index contributed by atoms with van der Waals surface area (Å²) in [5.41, 5.74) is 2.09. The Kier molecular flexibility index (Phi) is 10.6. The number of hydrogen-bond donors (Lipinski definition) is 2. The molecule has 22 heavy (non-hydrogen) atoms. The largest absolute Gasteiger partial charge is 0.396 e. The smallest absolute Gasteiger partial charge is 0.0790 e. The van der Waals surface area contributed by atoms with Crippen molar-refractivity contribution in [2.24, 2.45) is 0 Å². The second kappa shape index (κ2) is 12.4. The van der Waals surface area contributed by atoms with Crippen LogP contribution in [0.25, 0.3) is 0 Å². The Labute approximate surface area is 134 Å². The zero-order chi connectivity index (χ0) is 16.0. The molecule has 0 amide bonds. The fourth-order valence-corrected chi connectivity index (χ4v) is 2.42. The maximum atomic E-state index is 10.2. The van der Waals surface area contributed by atoms with Crippen LogP contribution < -0.4 is 0 Å². The fourth-order valence-electron chi connectivity index (χ4n) is 2.42. The van der Waals surface area contributed by atoms with E-state index in [1.807, 2.05) is 24.3 Å². The van der Waals surface area contributed by atoms with Gasteiger partial charge in [0.1, 0.15) is 0 Å². The second-order valence-electron chi connectivity index (χ2n) is 5.69. The Hall–Kier alpha value is -1.16. The maximum absolute atomic E-state index is 10.2. The summed E-state index contributed by atoms with van der Waals surface area (Å²) in [5.74, 6) is 0. The summed E-state index contributed by atoms with van der Waals surface area (Å²) in [5, 5.41) is 18.9. The molecule has 0 aliphatic carbocycles. The molecule has 1 rings (SSSR count). The monoisotopic (exact) mass is 306 g/mol. The zero-order valence-corrected chi connectivity index (χ0v) is 13.5. The molecular weight excluding hydrogens is 276 g/mol. The van der Waals surface area contributed by atoms with E-state index in [0.29, 0.717) is 19.8 Å². The molecule has 1 unspecified atom stereocenters. The van der Waals surface area contributed by atoms with Gasteiger partial charge in [-0.2, -0.15) is 0 Å². The van der Waals surface area contributed by atoms with Gasteiger partial charge in [0.25, 0.3) is 0 Å². The highest BCUT2D eigenvalue weighted by Crippen LogP contribution is 2.21. The van der Waals surface area contributed by atoms with E-state index >= 15 is 0 Å². The molecule has 1 atom stereocenters. The molecule has 0 saturated carbocycles. The van der Waals surface area contributed by atoms with E-state index in [0.717, 1.165) is 43.2 Å². The van der Waals surface area contributed by atoms with Gasteiger partial charge in [-0.1, -0.05) is 62.4 Å². The van der Waals surface area contributed by atoms with Gasteiger partial charge in [0, 0.05) is 6.61 Å². The molecule has 124 valence electrons. The van der Waals surface area contributed by atoms with Crippen molar-refractivity contribution in [1.82, 2.24) is 0 Å².